The SMILES string of the molecule is CCCc1nc(NCC)c(C)c(OCC2CCOCC2)n1. The number of nitrogens with one attached hydrogen (secondary N) is 1. The van der Waals surface area contributed by atoms with Gasteiger partial charge in [-0.05, 0) is 39.0 Å². The van der Waals surface area contributed by atoms with Crippen molar-refractivity contribution in [3.8, 4) is 5.88 Å². The molecule has 21 heavy (non-hydrogen) atoms. The van der Waals surface area contributed by atoms with Crippen LogP contribution in [0.3, 0.4) is 0 Å². The Hall–Kier alpha value is -1.36. The van der Waals surface area contributed by atoms with Gasteiger partial charge in [0, 0.05) is 26.2 Å². The standard InChI is InChI=1S/C16H27N3O2/c1-4-6-14-18-15(17-5-2)12(3)16(19-14)21-11-13-7-9-20-10-8-13/h13H,4-11H2,1-3H3,(H,17,18,19). The third-order valence-electron chi connectivity index (χ3n) is 3.76. The van der Waals surface area contributed by atoms with E-state index in [1.54, 1.807) is 0 Å². The highest BCUT2D eigenvalue weighted by molar-refractivity contribution is 5.48. The highest BCUT2D eigenvalue weighted by atomic mass is 16.5. The molecule has 0 saturated carbocycles. The average molecular weight is 293 g/mol. The summed E-state index contributed by atoms with van der Waals surface area (Å²) in [5, 5.41) is 3.30. The number of rotatable bonds is 7. The first-order valence-corrected chi connectivity index (χ1v) is 8.06. The molecule has 118 valence electrons. The molecule has 1 aliphatic rings. The van der Waals surface area contributed by atoms with E-state index in [1.807, 2.05) is 6.92 Å². The molecular formula is C16H27N3O2. The highest BCUT2D eigenvalue weighted by Gasteiger charge is 2.17. The topological polar surface area (TPSA) is 56.3 Å². The van der Waals surface area contributed by atoms with Crippen molar-refractivity contribution in [1.29, 1.82) is 0 Å². The molecule has 1 saturated heterocycles. The second-order valence-corrected chi connectivity index (χ2v) is 5.57. The fourth-order valence-corrected chi connectivity index (χ4v) is 2.47. The first-order chi connectivity index (χ1) is 10.2. The quantitative estimate of drug-likeness (QED) is 0.837. The van der Waals surface area contributed by atoms with E-state index in [4.69, 9.17) is 9.47 Å². The summed E-state index contributed by atoms with van der Waals surface area (Å²) in [7, 11) is 0. The molecule has 0 aliphatic carbocycles. The van der Waals surface area contributed by atoms with Crippen molar-refractivity contribution < 1.29 is 9.47 Å². The van der Waals surface area contributed by atoms with Gasteiger partial charge in [-0.3, -0.25) is 0 Å². The maximum atomic E-state index is 6.00. The summed E-state index contributed by atoms with van der Waals surface area (Å²) in [4.78, 5) is 9.17. The zero-order valence-electron chi connectivity index (χ0n) is 13.4. The first-order valence-electron chi connectivity index (χ1n) is 8.06. The molecule has 0 atom stereocenters. The fraction of sp³-hybridized carbons (Fsp3) is 0.750. The summed E-state index contributed by atoms with van der Waals surface area (Å²) in [5.74, 6) is 3.07. The maximum absolute atomic E-state index is 6.00. The largest absolute Gasteiger partial charge is 0.477 e. The Kier molecular flexibility index (Phi) is 6.23. The van der Waals surface area contributed by atoms with Crippen molar-refractivity contribution in [2.45, 2.75) is 46.5 Å². The smallest absolute Gasteiger partial charge is 0.221 e. The van der Waals surface area contributed by atoms with Gasteiger partial charge < -0.3 is 14.8 Å². The summed E-state index contributed by atoms with van der Waals surface area (Å²) in [6.45, 7) is 9.50. The Labute approximate surface area is 127 Å². The molecule has 0 aromatic carbocycles. The third-order valence-corrected chi connectivity index (χ3v) is 3.76. The lowest BCUT2D eigenvalue weighted by Gasteiger charge is -2.22. The zero-order valence-corrected chi connectivity index (χ0v) is 13.4. The molecule has 1 aromatic rings. The first kappa shape index (κ1) is 16.0. The van der Waals surface area contributed by atoms with Crippen LogP contribution < -0.4 is 10.1 Å². The lowest BCUT2D eigenvalue weighted by molar-refractivity contribution is 0.0489. The van der Waals surface area contributed by atoms with E-state index in [0.717, 1.165) is 75.1 Å². The molecule has 5 nitrogen and oxygen atoms in total. The van der Waals surface area contributed by atoms with E-state index in [-0.39, 0.29) is 0 Å². The summed E-state index contributed by atoms with van der Waals surface area (Å²) in [6, 6.07) is 0. The average Bonchev–Trinajstić information content (AvgIpc) is 2.50. The Morgan fingerprint density at radius 2 is 2.00 bits per heavy atom. The Morgan fingerprint density at radius 1 is 1.24 bits per heavy atom. The fourth-order valence-electron chi connectivity index (χ4n) is 2.47. The van der Waals surface area contributed by atoms with Gasteiger partial charge in [-0.2, -0.15) is 4.98 Å². The van der Waals surface area contributed by atoms with E-state index < -0.39 is 0 Å². The molecule has 0 spiro atoms. The lowest BCUT2D eigenvalue weighted by Crippen LogP contribution is -2.22. The molecule has 0 radical (unpaired) electrons. The van der Waals surface area contributed by atoms with Gasteiger partial charge in [0.1, 0.15) is 11.6 Å². The number of ether oxygens (including phenoxy) is 2. The van der Waals surface area contributed by atoms with Gasteiger partial charge in [-0.1, -0.05) is 6.92 Å². The van der Waals surface area contributed by atoms with E-state index in [9.17, 15) is 0 Å². The van der Waals surface area contributed by atoms with Crippen LogP contribution in [0.5, 0.6) is 5.88 Å². The Balaban J connectivity index is 2.08. The van der Waals surface area contributed by atoms with Gasteiger partial charge >= 0.3 is 0 Å². The third kappa shape index (κ3) is 4.56. The van der Waals surface area contributed by atoms with Gasteiger partial charge in [0.15, 0.2) is 0 Å². The normalized spacial score (nSPS) is 16.0. The summed E-state index contributed by atoms with van der Waals surface area (Å²) >= 11 is 0. The predicted molar refractivity (Wildman–Crippen MR) is 84.0 cm³/mol. The van der Waals surface area contributed by atoms with Crippen LogP contribution in [0, 0.1) is 12.8 Å². The van der Waals surface area contributed by atoms with E-state index in [1.165, 1.54) is 0 Å². The molecule has 0 unspecified atom stereocenters. The minimum Gasteiger partial charge on any atom is -0.477 e. The minimum absolute atomic E-state index is 0.574. The Morgan fingerprint density at radius 3 is 2.67 bits per heavy atom. The van der Waals surface area contributed by atoms with E-state index >= 15 is 0 Å². The summed E-state index contributed by atoms with van der Waals surface area (Å²) in [6.07, 6.45) is 4.07. The molecule has 1 aromatic heterocycles. The Bertz CT molecular complexity index is 445. The second kappa shape index (κ2) is 8.17. The van der Waals surface area contributed by atoms with E-state index in [0.29, 0.717) is 5.92 Å². The summed E-state index contributed by atoms with van der Waals surface area (Å²) in [5.41, 5.74) is 1.00. The number of nitrogens with zero attached hydrogens (tertiary/aromatic N) is 2. The molecule has 2 heterocycles. The van der Waals surface area contributed by atoms with Crippen molar-refractivity contribution >= 4 is 5.82 Å². The van der Waals surface area contributed by atoms with Crippen LogP contribution in [-0.4, -0.2) is 36.3 Å². The molecule has 1 fully saturated rings. The van der Waals surface area contributed by atoms with Crippen LogP contribution in [0.25, 0.3) is 0 Å². The van der Waals surface area contributed by atoms with Crippen molar-refractivity contribution in [2.75, 3.05) is 31.7 Å². The van der Waals surface area contributed by atoms with Crippen molar-refractivity contribution in [3.63, 3.8) is 0 Å². The zero-order chi connectivity index (χ0) is 15.1. The van der Waals surface area contributed by atoms with Crippen molar-refractivity contribution in [1.82, 2.24) is 9.97 Å². The van der Waals surface area contributed by atoms with Crippen molar-refractivity contribution in [3.05, 3.63) is 11.4 Å². The molecular weight excluding hydrogens is 266 g/mol. The molecule has 5 heteroatoms. The van der Waals surface area contributed by atoms with Gasteiger partial charge in [0.2, 0.25) is 5.88 Å². The van der Waals surface area contributed by atoms with E-state index in [2.05, 4.69) is 29.1 Å². The molecule has 2 rings (SSSR count). The van der Waals surface area contributed by atoms with Gasteiger partial charge in [0.05, 0.1) is 12.2 Å². The van der Waals surface area contributed by atoms with Crippen LogP contribution >= 0.6 is 0 Å². The van der Waals surface area contributed by atoms with Crippen LogP contribution in [0.2, 0.25) is 0 Å². The summed E-state index contributed by atoms with van der Waals surface area (Å²) < 4.78 is 11.4. The molecule has 1 N–H and O–H groups in total. The van der Waals surface area contributed by atoms with Crippen LogP contribution in [0.1, 0.15) is 44.5 Å². The predicted octanol–water partition coefficient (Wildman–Crippen LogP) is 2.97. The second-order valence-electron chi connectivity index (χ2n) is 5.57. The van der Waals surface area contributed by atoms with Gasteiger partial charge in [-0.25, -0.2) is 4.98 Å². The molecule has 0 amide bonds. The van der Waals surface area contributed by atoms with Crippen molar-refractivity contribution in [2.24, 2.45) is 5.92 Å². The number of hydrogen-bond acceptors (Lipinski definition) is 5. The number of aryl methyl sites for hydroxylation is 1. The molecule has 1 aliphatic heterocycles. The van der Waals surface area contributed by atoms with Crippen LogP contribution in [0.4, 0.5) is 5.82 Å². The minimum atomic E-state index is 0.574. The number of anilines is 1. The number of aromatic nitrogens is 2. The lowest BCUT2D eigenvalue weighted by atomic mass is 10.0. The monoisotopic (exact) mass is 293 g/mol. The molecule has 0 bridgehead atoms. The highest BCUT2D eigenvalue weighted by Crippen LogP contribution is 2.24. The van der Waals surface area contributed by atoms with Gasteiger partial charge in [-0.15, -0.1) is 0 Å². The van der Waals surface area contributed by atoms with Crippen LogP contribution in [-0.2, 0) is 11.2 Å². The number of hydrogen-bond donors (Lipinski definition) is 1. The van der Waals surface area contributed by atoms with Gasteiger partial charge in [0.25, 0.3) is 0 Å². The van der Waals surface area contributed by atoms with Crippen LogP contribution in [0.15, 0.2) is 0 Å². The maximum Gasteiger partial charge on any atom is 0.221 e.